The highest BCUT2D eigenvalue weighted by molar-refractivity contribution is 6.07. The Hall–Kier alpha value is -2.92. The highest BCUT2D eigenvalue weighted by atomic mass is 16.5. The highest BCUT2D eigenvalue weighted by Gasteiger charge is 2.21. The van der Waals surface area contributed by atoms with Crippen LogP contribution in [0.2, 0.25) is 0 Å². The van der Waals surface area contributed by atoms with Crippen molar-refractivity contribution < 1.29 is 19.1 Å². The van der Waals surface area contributed by atoms with Crippen molar-refractivity contribution in [2.75, 3.05) is 20.3 Å². The number of allylic oxidation sites excluding steroid dienone is 1. The van der Waals surface area contributed by atoms with Gasteiger partial charge in [-0.15, -0.1) is 0 Å². The van der Waals surface area contributed by atoms with Gasteiger partial charge < -0.3 is 15.2 Å². The number of esters is 1. The van der Waals surface area contributed by atoms with Gasteiger partial charge in [-0.3, -0.25) is 4.79 Å². The summed E-state index contributed by atoms with van der Waals surface area (Å²) in [6.45, 7) is 13.8. The average molecular weight is 452 g/mol. The van der Waals surface area contributed by atoms with Gasteiger partial charge in [-0.25, -0.2) is 4.79 Å². The summed E-state index contributed by atoms with van der Waals surface area (Å²) in [7, 11) is 1.33. The Labute approximate surface area is 198 Å². The van der Waals surface area contributed by atoms with Gasteiger partial charge in [0.15, 0.2) is 5.78 Å². The summed E-state index contributed by atoms with van der Waals surface area (Å²) in [6, 6.07) is 11.3. The molecule has 2 rings (SSSR count). The summed E-state index contributed by atoms with van der Waals surface area (Å²) in [5.74, 6) is -0.137. The molecule has 0 amide bonds. The van der Waals surface area contributed by atoms with E-state index in [0.717, 1.165) is 16.7 Å². The molecule has 5 heteroatoms. The van der Waals surface area contributed by atoms with Gasteiger partial charge in [0, 0.05) is 5.56 Å². The maximum atomic E-state index is 13.1. The van der Waals surface area contributed by atoms with Crippen LogP contribution in [-0.4, -0.2) is 32.0 Å². The highest BCUT2D eigenvalue weighted by Crippen LogP contribution is 2.31. The Balaban J connectivity index is 2.38. The van der Waals surface area contributed by atoms with Crippen LogP contribution >= 0.6 is 0 Å². The Bertz CT molecular complexity index is 991. The molecule has 0 radical (unpaired) electrons. The van der Waals surface area contributed by atoms with Crippen molar-refractivity contribution in [1.82, 2.24) is 0 Å². The summed E-state index contributed by atoms with van der Waals surface area (Å²) < 4.78 is 10.6. The molecule has 0 aliphatic rings. The second-order valence-electron chi connectivity index (χ2n) is 10.2. The molecule has 0 fully saturated rings. The van der Waals surface area contributed by atoms with Crippen molar-refractivity contribution in [3.63, 3.8) is 0 Å². The molecule has 0 atom stereocenters. The van der Waals surface area contributed by atoms with E-state index < -0.39 is 5.97 Å². The monoisotopic (exact) mass is 451 g/mol. The van der Waals surface area contributed by atoms with Crippen LogP contribution in [0.5, 0.6) is 5.75 Å². The van der Waals surface area contributed by atoms with Crippen molar-refractivity contribution in [3.05, 3.63) is 70.3 Å². The second-order valence-corrected chi connectivity index (χ2v) is 10.2. The normalized spacial score (nSPS) is 12.1. The van der Waals surface area contributed by atoms with Gasteiger partial charge in [-0.05, 0) is 70.8 Å². The molecular formula is C28H37NO4. The van der Waals surface area contributed by atoms with Crippen molar-refractivity contribution in [1.29, 1.82) is 0 Å². The van der Waals surface area contributed by atoms with Gasteiger partial charge in [-0.1, -0.05) is 59.8 Å². The van der Waals surface area contributed by atoms with Crippen LogP contribution in [0.15, 0.2) is 42.5 Å². The van der Waals surface area contributed by atoms with Crippen LogP contribution in [0.3, 0.4) is 0 Å². The molecule has 5 nitrogen and oxygen atoms in total. The number of rotatable bonds is 8. The van der Waals surface area contributed by atoms with Crippen molar-refractivity contribution in [3.8, 4) is 5.75 Å². The number of carbonyl (C=O) groups is 2. The van der Waals surface area contributed by atoms with Crippen molar-refractivity contribution in [2.45, 2.75) is 58.8 Å². The van der Waals surface area contributed by atoms with Crippen LogP contribution in [0.1, 0.15) is 85.4 Å². The number of hydrogen-bond acceptors (Lipinski definition) is 5. The lowest BCUT2D eigenvalue weighted by Gasteiger charge is -2.25. The van der Waals surface area contributed by atoms with E-state index in [9.17, 15) is 9.59 Å². The van der Waals surface area contributed by atoms with Crippen molar-refractivity contribution in [2.24, 2.45) is 5.73 Å². The van der Waals surface area contributed by atoms with Gasteiger partial charge in [0.1, 0.15) is 11.3 Å². The number of nitrogens with two attached hydrogens (primary N) is 1. The minimum Gasteiger partial charge on any atom is -0.493 e. The predicted molar refractivity (Wildman–Crippen MR) is 134 cm³/mol. The fourth-order valence-corrected chi connectivity index (χ4v) is 3.21. The van der Waals surface area contributed by atoms with E-state index in [1.54, 1.807) is 30.4 Å². The molecule has 0 aromatic heterocycles. The summed E-state index contributed by atoms with van der Waals surface area (Å²) in [4.78, 5) is 25.1. The summed E-state index contributed by atoms with van der Waals surface area (Å²) >= 11 is 0. The average Bonchev–Trinajstić information content (AvgIpc) is 2.75. The Morgan fingerprint density at radius 2 is 1.55 bits per heavy atom. The lowest BCUT2D eigenvalue weighted by atomic mass is 9.79. The summed E-state index contributed by atoms with van der Waals surface area (Å²) in [5, 5.41) is 0. The third-order valence-electron chi connectivity index (χ3n) is 5.39. The minimum atomic E-state index is -0.474. The number of ether oxygens (including phenoxy) is 2. The van der Waals surface area contributed by atoms with E-state index in [-0.39, 0.29) is 16.6 Å². The molecule has 2 aromatic carbocycles. The van der Waals surface area contributed by atoms with E-state index in [4.69, 9.17) is 15.2 Å². The maximum absolute atomic E-state index is 13.1. The quantitative estimate of drug-likeness (QED) is 0.241. The lowest BCUT2D eigenvalue weighted by molar-refractivity contribution is 0.0596. The third kappa shape index (κ3) is 7.29. The van der Waals surface area contributed by atoms with Gasteiger partial charge in [-0.2, -0.15) is 0 Å². The van der Waals surface area contributed by atoms with Crippen LogP contribution in [-0.2, 0) is 15.6 Å². The van der Waals surface area contributed by atoms with E-state index in [2.05, 4.69) is 47.6 Å². The van der Waals surface area contributed by atoms with Crippen LogP contribution in [0, 0.1) is 0 Å². The van der Waals surface area contributed by atoms with Crippen LogP contribution in [0.4, 0.5) is 0 Å². The molecule has 0 saturated carbocycles. The second kappa shape index (κ2) is 10.8. The molecule has 178 valence electrons. The number of ketones is 1. The fraction of sp³-hybridized carbons (Fsp3) is 0.429. The van der Waals surface area contributed by atoms with Gasteiger partial charge in [0.25, 0.3) is 0 Å². The largest absolute Gasteiger partial charge is 0.493 e. The van der Waals surface area contributed by atoms with Gasteiger partial charge in [0.05, 0.1) is 13.7 Å². The standard InChI is InChI=1S/C28H37NO4/c1-27(2,3)21-16-20(17-22(18-21)28(4,5)6)24(30)12-10-19-9-11-23(26(31)32-7)25(15-19)33-14-8-13-29/h9-12,15-18H,8,13-14,29H2,1-7H3/b12-10+. The Morgan fingerprint density at radius 1 is 0.939 bits per heavy atom. The van der Waals surface area contributed by atoms with Gasteiger partial charge >= 0.3 is 5.97 Å². The molecular weight excluding hydrogens is 414 g/mol. The molecule has 33 heavy (non-hydrogen) atoms. The number of benzene rings is 2. The Kier molecular flexibility index (Phi) is 8.62. The smallest absolute Gasteiger partial charge is 0.341 e. The molecule has 0 heterocycles. The van der Waals surface area contributed by atoms with Crippen LogP contribution < -0.4 is 10.5 Å². The molecule has 0 aliphatic carbocycles. The predicted octanol–water partition coefficient (Wildman–Crippen LogP) is 5.69. The van der Waals surface area contributed by atoms with Gasteiger partial charge in [0.2, 0.25) is 0 Å². The van der Waals surface area contributed by atoms with E-state index in [0.29, 0.717) is 36.4 Å². The molecule has 0 unspecified atom stereocenters. The first-order chi connectivity index (χ1) is 15.4. The number of methoxy groups -OCH3 is 1. The number of hydrogen-bond donors (Lipinski definition) is 1. The first-order valence-electron chi connectivity index (χ1n) is 11.3. The Morgan fingerprint density at radius 3 is 2.06 bits per heavy atom. The molecule has 0 aliphatic heterocycles. The zero-order chi connectivity index (χ0) is 24.8. The van der Waals surface area contributed by atoms with E-state index in [1.165, 1.54) is 7.11 Å². The minimum absolute atomic E-state index is 0.0699. The maximum Gasteiger partial charge on any atom is 0.341 e. The lowest BCUT2D eigenvalue weighted by Crippen LogP contribution is -2.17. The van der Waals surface area contributed by atoms with E-state index in [1.807, 2.05) is 12.1 Å². The molecule has 2 aromatic rings. The van der Waals surface area contributed by atoms with Crippen molar-refractivity contribution >= 4 is 17.8 Å². The molecule has 0 saturated heterocycles. The molecule has 0 spiro atoms. The first kappa shape index (κ1) is 26.3. The topological polar surface area (TPSA) is 78.6 Å². The summed E-state index contributed by atoms with van der Waals surface area (Å²) in [6.07, 6.45) is 3.96. The van der Waals surface area contributed by atoms with Crippen LogP contribution in [0.25, 0.3) is 6.08 Å². The zero-order valence-corrected chi connectivity index (χ0v) is 21.0. The summed E-state index contributed by atoms with van der Waals surface area (Å²) in [5.41, 5.74) is 9.41. The third-order valence-corrected chi connectivity index (χ3v) is 5.39. The number of carbonyl (C=O) groups excluding carboxylic acids is 2. The zero-order valence-electron chi connectivity index (χ0n) is 21.0. The molecule has 0 bridgehead atoms. The fourth-order valence-electron chi connectivity index (χ4n) is 3.21. The first-order valence-corrected chi connectivity index (χ1v) is 11.3. The van der Waals surface area contributed by atoms with E-state index >= 15 is 0 Å². The SMILES string of the molecule is COC(=O)c1ccc(/C=C/C(=O)c2cc(C(C)(C)C)cc(C(C)(C)C)c2)cc1OCCCN. The molecule has 2 N–H and O–H groups in total.